The Balaban J connectivity index is 1.58. The van der Waals surface area contributed by atoms with Crippen molar-refractivity contribution in [3.8, 4) is 17.2 Å². The first kappa shape index (κ1) is 12.1. The van der Waals surface area contributed by atoms with Crippen LogP contribution in [-0.2, 0) is 0 Å². The van der Waals surface area contributed by atoms with Gasteiger partial charge in [-0.2, -0.15) is 0 Å². The fraction of sp³-hybridized carbons (Fsp3) is 0.111. The third-order valence-corrected chi connectivity index (χ3v) is 3.54. The first-order chi connectivity index (χ1) is 10.4. The Bertz CT molecular complexity index is 744. The molecule has 3 nitrogen and oxygen atoms in total. The van der Waals surface area contributed by atoms with Crippen LogP contribution in [0.5, 0.6) is 17.2 Å². The van der Waals surface area contributed by atoms with E-state index in [0.29, 0.717) is 13.4 Å². The molecule has 0 unspecified atom stereocenters. The molecule has 0 radical (unpaired) electrons. The first-order valence-corrected chi connectivity index (χ1v) is 6.89. The van der Waals surface area contributed by atoms with E-state index in [4.69, 9.17) is 14.2 Å². The van der Waals surface area contributed by atoms with Crippen molar-refractivity contribution in [3.05, 3.63) is 65.2 Å². The molecule has 0 N–H and O–H groups in total. The Morgan fingerprint density at radius 3 is 2.71 bits per heavy atom. The number of benzene rings is 2. The number of rotatable bonds is 2. The van der Waals surface area contributed by atoms with Gasteiger partial charge in [-0.15, -0.1) is 0 Å². The van der Waals surface area contributed by atoms with E-state index < -0.39 is 0 Å². The second kappa shape index (κ2) is 5.02. The molecular formula is C18H14O3. The topological polar surface area (TPSA) is 27.7 Å². The maximum atomic E-state index is 5.73. The van der Waals surface area contributed by atoms with E-state index in [2.05, 4.69) is 24.3 Å². The van der Waals surface area contributed by atoms with Crippen molar-refractivity contribution in [2.75, 3.05) is 13.4 Å². The Kier molecular flexibility index (Phi) is 2.89. The van der Waals surface area contributed by atoms with Crippen LogP contribution in [0.3, 0.4) is 0 Å². The van der Waals surface area contributed by atoms with Gasteiger partial charge in [-0.25, -0.2) is 0 Å². The zero-order valence-corrected chi connectivity index (χ0v) is 11.4. The van der Waals surface area contributed by atoms with Gasteiger partial charge in [0, 0.05) is 5.56 Å². The summed E-state index contributed by atoms with van der Waals surface area (Å²) in [5, 5.41) is 0. The highest BCUT2D eigenvalue weighted by Crippen LogP contribution is 2.33. The van der Waals surface area contributed by atoms with Crippen molar-refractivity contribution >= 4 is 12.2 Å². The molecule has 0 aliphatic carbocycles. The van der Waals surface area contributed by atoms with Gasteiger partial charge in [0.1, 0.15) is 12.4 Å². The highest BCUT2D eigenvalue weighted by Gasteiger charge is 2.12. The third kappa shape index (κ3) is 2.38. The number of fused-ring (bicyclic) bond motifs is 2. The molecule has 2 aliphatic heterocycles. The summed E-state index contributed by atoms with van der Waals surface area (Å²) in [6.45, 7) is 0.899. The summed E-state index contributed by atoms with van der Waals surface area (Å²) in [6.07, 6.45) is 6.29. The lowest BCUT2D eigenvalue weighted by Gasteiger charge is -2.15. The monoisotopic (exact) mass is 278 g/mol. The van der Waals surface area contributed by atoms with Crippen LogP contribution in [0.2, 0.25) is 0 Å². The smallest absolute Gasteiger partial charge is 0.231 e. The Hall–Kier alpha value is -2.68. The van der Waals surface area contributed by atoms with Crippen LogP contribution >= 0.6 is 0 Å². The molecule has 0 aromatic heterocycles. The molecule has 0 saturated heterocycles. The summed E-state index contributed by atoms with van der Waals surface area (Å²) in [6, 6.07) is 14.0. The molecule has 0 amide bonds. The lowest BCUT2D eigenvalue weighted by molar-refractivity contribution is 0.174. The largest absolute Gasteiger partial charge is 0.488 e. The second-order valence-corrected chi connectivity index (χ2v) is 4.99. The molecule has 2 aromatic rings. The van der Waals surface area contributed by atoms with E-state index in [9.17, 15) is 0 Å². The number of hydrogen-bond acceptors (Lipinski definition) is 3. The van der Waals surface area contributed by atoms with Gasteiger partial charge in [0.05, 0.1) is 0 Å². The highest BCUT2D eigenvalue weighted by atomic mass is 16.7. The molecule has 0 atom stereocenters. The SMILES string of the molecule is C1=C(/C=C/c2ccc3c(c2)OCO3)COc2ccccc21. The third-order valence-electron chi connectivity index (χ3n) is 3.54. The zero-order chi connectivity index (χ0) is 14.1. The van der Waals surface area contributed by atoms with Crippen molar-refractivity contribution in [2.45, 2.75) is 0 Å². The van der Waals surface area contributed by atoms with Crippen LogP contribution in [0.4, 0.5) is 0 Å². The highest BCUT2D eigenvalue weighted by molar-refractivity contribution is 5.67. The molecular weight excluding hydrogens is 264 g/mol. The van der Waals surface area contributed by atoms with Gasteiger partial charge in [0.2, 0.25) is 6.79 Å². The Morgan fingerprint density at radius 2 is 1.71 bits per heavy atom. The minimum atomic E-state index is 0.304. The predicted octanol–water partition coefficient (Wildman–Crippen LogP) is 3.90. The van der Waals surface area contributed by atoms with E-state index >= 15 is 0 Å². The molecule has 0 saturated carbocycles. The fourth-order valence-corrected chi connectivity index (χ4v) is 2.45. The van der Waals surface area contributed by atoms with Gasteiger partial charge in [-0.1, -0.05) is 36.4 Å². The van der Waals surface area contributed by atoms with Crippen molar-refractivity contribution < 1.29 is 14.2 Å². The van der Waals surface area contributed by atoms with Gasteiger partial charge in [0.15, 0.2) is 11.5 Å². The van der Waals surface area contributed by atoms with Crippen LogP contribution in [0.25, 0.3) is 12.2 Å². The minimum Gasteiger partial charge on any atom is -0.488 e. The molecule has 4 rings (SSSR count). The van der Waals surface area contributed by atoms with E-state index in [-0.39, 0.29) is 0 Å². The van der Waals surface area contributed by atoms with Gasteiger partial charge in [-0.3, -0.25) is 0 Å². The second-order valence-electron chi connectivity index (χ2n) is 4.99. The van der Waals surface area contributed by atoms with Crippen LogP contribution in [0.15, 0.2) is 54.1 Å². The lowest BCUT2D eigenvalue weighted by atomic mass is 10.1. The maximum absolute atomic E-state index is 5.73. The van der Waals surface area contributed by atoms with Gasteiger partial charge in [-0.05, 0) is 35.4 Å². The molecule has 0 spiro atoms. The van der Waals surface area contributed by atoms with Crippen LogP contribution in [-0.4, -0.2) is 13.4 Å². The van der Waals surface area contributed by atoms with E-state index in [0.717, 1.165) is 33.9 Å². The zero-order valence-electron chi connectivity index (χ0n) is 11.4. The van der Waals surface area contributed by atoms with E-state index in [1.54, 1.807) is 0 Å². The van der Waals surface area contributed by atoms with Gasteiger partial charge in [0.25, 0.3) is 0 Å². The quantitative estimate of drug-likeness (QED) is 0.833. The van der Waals surface area contributed by atoms with Crippen LogP contribution in [0.1, 0.15) is 11.1 Å². The van der Waals surface area contributed by atoms with Crippen molar-refractivity contribution in [1.29, 1.82) is 0 Å². The molecule has 21 heavy (non-hydrogen) atoms. The van der Waals surface area contributed by atoms with E-state index in [1.165, 1.54) is 0 Å². The number of ether oxygens (including phenoxy) is 3. The lowest BCUT2D eigenvalue weighted by Crippen LogP contribution is -2.05. The molecule has 2 aliphatic rings. The molecule has 0 bridgehead atoms. The van der Waals surface area contributed by atoms with Gasteiger partial charge >= 0.3 is 0 Å². The van der Waals surface area contributed by atoms with Crippen LogP contribution < -0.4 is 14.2 Å². The summed E-state index contributed by atoms with van der Waals surface area (Å²) in [5.74, 6) is 2.55. The van der Waals surface area contributed by atoms with Crippen molar-refractivity contribution in [1.82, 2.24) is 0 Å². The molecule has 2 aromatic carbocycles. The normalized spacial score (nSPS) is 15.5. The van der Waals surface area contributed by atoms with Crippen molar-refractivity contribution in [2.24, 2.45) is 0 Å². The Morgan fingerprint density at radius 1 is 0.810 bits per heavy atom. The molecule has 0 fully saturated rings. The summed E-state index contributed by atoms with van der Waals surface area (Å²) >= 11 is 0. The average Bonchev–Trinajstić information content (AvgIpc) is 3.00. The summed E-state index contributed by atoms with van der Waals surface area (Å²) in [4.78, 5) is 0. The first-order valence-electron chi connectivity index (χ1n) is 6.89. The minimum absolute atomic E-state index is 0.304. The van der Waals surface area contributed by atoms with E-state index in [1.807, 2.05) is 36.4 Å². The average molecular weight is 278 g/mol. The fourth-order valence-electron chi connectivity index (χ4n) is 2.45. The Labute approximate surface area is 123 Å². The summed E-state index contributed by atoms with van der Waals surface area (Å²) < 4.78 is 16.4. The number of hydrogen-bond donors (Lipinski definition) is 0. The summed E-state index contributed by atoms with van der Waals surface area (Å²) in [5.41, 5.74) is 3.35. The molecule has 2 heterocycles. The maximum Gasteiger partial charge on any atom is 0.231 e. The predicted molar refractivity (Wildman–Crippen MR) is 81.5 cm³/mol. The standard InChI is InChI=1S/C18H14O3/c1-2-4-16-15(3-1)9-14(11-19-16)6-5-13-7-8-17-18(10-13)21-12-20-17/h1-10H,11-12H2/b6-5+. The molecule has 104 valence electrons. The van der Waals surface area contributed by atoms with Crippen LogP contribution in [0, 0.1) is 0 Å². The van der Waals surface area contributed by atoms with Crippen molar-refractivity contribution in [3.63, 3.8) is 0 Å². The number of para-hydroxylation sites is 1. The van der Waals surface area contributed by atoms with Gasteiger partial charge < -0.3 is 14.2 Å². The summed E-state index contributed by atoms with van der Waals surface area (Å²) in [7, 11) is 0. The molecule has 3 heteroatoms.